The van der Waals surface area contributed by atoms with Crippen molar-refractivity contribution in [1.82, 2.24) is 0 Å². The fraction of sp³-hybridized carbons (Fsp3) is 0.462. The molecule has 1 aromatic rings. The molecule has 1 aliphatic heterocycles. The van der Waals surface area contributed by atoms with E-state index >= 15 is 0 Å². The minimum atomic E-state index is -2.54. The zero-order chi connectivity index (χ0) is 13.2. The highest BCUT2D eigenvalue weighted by atomic mass is 19.3. The van der Waals surface area contributed by atoms with Crippen LogP contribution in [-0.2, 0) is 4.74 Å². The van der Waals surface area contributed by atoms with Gasteiger partial charge in [-0.05, 0) is 24.3 Å². The first-order chi connectivity index (χ1) is 8.52. The van der Waals surface area contributed by atoms with E-state index in [0.717, 1.165) is 5.69 Å². The number of methoxy groups -OCH3 is 1. The van der Waals surface area contributed by atoms with Crippen LogP contribution in [0.5, 0.6) is 0 Å². The summed E-state index contributed by atoms with van der Waals surface area (Å²) in [6, 6.07) is 6.81. The molecule has 0 atom stereocenters. The molecule has 1 aromatic carbocycles. The molecule has 0 aliphatic carbocycles. The van der Waals surface area contributed by atoms with Crippen molar-refractivity contribution in [1.29, 1.82) is 0 Å². The van der Waals surface area contributed by atoms with E-state index in [1.54, 1.807) is 24.3 Å². The lowest BCUT2D eigenvalue weighted by Gasteiger charge is -2.33. The molecule has 0 bridgehead atoms. The van der Waals surface area contributed by atoms with Crippen LogP contribution < -0.4 is 4.90 Å². The molecule has 0 unspecified atom stereocenters. The van der Waals surface area contributed by atoms with Gasteiger partial charge in [-0.2, -0.15) is 0 Å². The fourth-order valence-electron chi connectivity index (χ4n) is 2.02. The molecule has 1 heterocycles. The number of benzene rings is 1. The maximum Gasteiger partial charge on any atom is 0.337 e. The molecule has 1 aliphatic rings. The second-order valence-corrected chi connectivity index (χ2v) is 4.38. The Bertz CT molecular complexity index is 421. The predicted octanol–water partition coefficient (Wildman–Crippen LogP) is 2.71. The highest BCUT2D eigenvalue weighted by molar-refractivity contribution is 5.89. The number of anilines is 1. The van der Waals surface area contributed by atoms with E-state index in [2.05, 4.69) is 4.74 Å². The third-order valence-corrected chi connectivity index (χ3v) is 3.15. The molecule has 98 valence electrons. The lowest BCUT2D eigenvalue weighted by molar-refractivity contribution is -0.0220. The first-order valence-corrected chi connectivity index (χ1v) is 5.83. The first kappa shape index (κ1) is 12.8. The Morgan fingerprint density at radius 2 is 1.78 bits per heavy atom. The molecule has 0 saturated carbocycles. The third-order valence-electron chi connectivity index (χ3n) is 3.15. The van der Waals surface area contributed by atoms with Crippen LogP contribution in [0.4, 0.5) is 14.5 Å². The molecule has 2 rings (SSSR count). The van der Waals surface area contributed by atoms with Gasteiger partial charge < -0.3 is 9.64 Å². The van der Waals surface area contributed by atoms with Crippen molar-refractivity contribution in [3.8, 4) is 0 Å². The largest absolute Gasteiger partial charge is 0.465 e. The molecule has 0 N–H and O–H groups in total. The maximum absolute atomic E-state index is 13.0. The number of rotatable bonds is 2. The fourth-order valence-corrected chi connectivity index (χ4v) is 2.02. The second kappa shape index (κ2) is 4.92. The van der Waals surface area contributed by atoms with Crippen LogP contribution in [-0.4, -0.2) is 32.1 Å². The van der Waals surface area contributed by atoms with Gasteiger partial charge in [-0.1, -0.05) is 0 Å². The minimum Gasteiger partial charge on any atom is -0.465 e. The van der Waals surface area contributed by atoms with Crippen molar-refractivity contribution in [2.24, 2.45) is 0 Å². The summed E-state index contributed by atoms with van der Waals surface area (Å²) in [5.41, 5.74) is 1.32. The van der Waals surface area contributed by atoms with Crippen molar-refractivity contribution in [2.75, 3.05) is 25.1 Å². The quantitative estimate of drug-likeness (QED) is 0.761. The number of piperidine rings is 1. The molecule has 0 spiro atoms. The molecule has 18 heavy (non-hydrogen) atoms. The molecular formula is C13H15F2NO2. The summed E-state index contributed by atoms with van der Waals surface area (Å²) in [6.07, 6.45) is -0.239. The van der Waals surface area contributed by atoms with Gasteiger partial charge in [0.05, 0.1) is 12.7 Å². The summed E-state index contributed by atoms with van der Waals surface area (Å²) in [5, 5.41) is 0. The Morgan fingerprint density at radius 3 is 2.28 bits per heavy atom. The number of ether oxygens (including phenoxy) is 1. The molecule has 0 aromatic heterocycles. The third kappa shape index (κ3) is 2.78. The normalized spacial score (nSPS) is 18.5. The van der Waals surface area contributed by atoms with Crippen LogP contribution >= 0.6 is 0 Å². The maximum atomic E-state index is 13.0. The minimum absolute atomic E-state index is 0.119. The average molecular weight is 255 g/mol. The van der Waals surface area contributed by atoms with E-state index in [-0.39, 0.29) is 12.8 Å². The van der Waals surface area contributed by atoms with E-state index in [9.17, 15) is 13.6 Å². The lowest BCUT2D eigenvalue weighted by Crippen LogP contribution is -2.39. The van der Waals surface area contributed by atoms with E-state index in [0.29, 0.717) is 18.7 Å². The molecule has 1 fully saturated rings. The molecular weight excluding hydrogens is 240 g/mol. The van der Waals surface area contributed by atoms with Gasteiger partial charge in [0.1, 0.15) is 0 Å². The van der Waals surface area contributed by atoms with Gasteiger partial charge in [0.25, 0.3) is 5.92 Å². The van der Waals surface area contributed by atoms with Gasteiger partial charge in [0, 0.05) is 31.6 Å². The van der Waals surface area contributed by atoms with Crippen molar-refractivity contribution in [3.63, 3.8) is 0 Å². The van der Waals surface area contributed by atoms with E-state index in [4.69, 9.17) is 0 Å². The van der Waals surface area contributed by atoms with Crippen molar-refractivity contribution >= 4 is 11.7 Å². The molecule has 3 nitrogen and oxygen atoms in total. The lowest BCUT2D eigenvalue weighted by atomic mass is 10.1. The van der Waals surface area contributed by atoms with Crippen molar-refractivity contribution < 1.29 is 18.3 Å². The average Bonchev–Trinajstić information content (AvgIpc) is 2.38. The number of hydrogen-bond acceptors (Lipinski definition) is 3. The number of carbonyl (C=O) groups excluding carboxylic acids is 1. The summed E-state index contributed by atoms with van der Waals surface area (Å²) in [7, 11) is 1.32. The summed E-state index contributed by atoms with van der Waals surface area (Å²) in [5.74, 6) is -2.94. The van der Waals surface area contributed by atoms with Gasteiger partial charge in [0.2, 0.25) is 0 Å². The van der Waals surface area contributed by atoms with Crippen LogP contribution in [0.2, 0.25) is 0 Å². The van der Waals surface area contributed by atoms with Crippen LogP contribution in [0, 0.1) is 0 Å². The monoisotopic (exact) mass is 255 g/mol. The summed E-state index contributed by atoms with van der Waals surface area (Å²) >= 11 is 0. The number of esters is 1. The number of carbonyl (C=O) groups is 1. The Labute approximate surface area is 104 Å². The van der Waals surface area contributed by atoms with E-state index < -0.39 is 11.9 Å². The Hall–Kier alpha value is -1.65. The smallest absolute Gasteiger partial charge is 0.337 e. The zero-order valence-corrected chi connectivity index (χ0v) is 10.2. The van der Waals surface area contributed by atoms with Gasteiger partial charge in [-0.15, -0.1) is 0 Å². The van der Waals surface area contributed by atoms with Crippen LogP contribution in [0.1, 0.15) is 23.2 Å². The van der Waals surface area contributed by atoms with Crippen LogP contribution in [0.15, 0.2) is 24.3 Å². The van der Waals surface area contributed by atoms with Gasteiger partial charge in [-0.25, -0.2) is 13.6 Å². The zero-order valence-electron chi connectivity index (χ0n) is 10.2. The Kier molecular flexibility index (Phi) is 3.50. The number of hydrogen-bond donors (Lipinski definition) is 0. The first-order valence-electron chi connectivity index (χ1n) is 5.83. The van der Waals surface area contributed by atoms with Gasteiger partial charge in [0.15, 0.2) is 0 Å². The molecule has 0 amide bonds. The summed E-state index contributed by atoms with van der Waals surface area (Å²) in [6.45, 7) is 0.676. The SMILES string of the molecule is COC(=O)c1ccc(N2CCC(F)(F)CC2)cc1. The van der Waals surface area contributed by atoms with E-state index in [1.807, 2.05) is 4.90 Å². The van der Waals surface area contributed by atoms with Crippen molar-refractivity contribution in [3.05, 3.63) is 29.8 Å². The standard InChI is InChI=1S/C13H15F2NO2/c1-18-12(17)10-2-4-11(5-3-10)16-8-6-13(14,15)7-9-16/h2-5H,6-9H2,1H3. The molecule has 5 heteroatoms. The highest BCUT2D eigenvalue weighted by Gasteiger charge is 2.33. The summed E-state index contributed by atoms with van der Waals surface area (Å²) < 4.78 is 30.6. The van der Waals surface area contributed by atoms with E-state index in [1.165, 1.54) is 7.11 Å². The van der Waals surface area contributed by atoms with Gasteiger partial charge in [-0.3, -0.25) is 0 Å². The van der Waals surface area contributed by atoms with Crippen LogP contribution in [0.3, 0.4) is 0 Å². The topological polar surface area (TPSA) is 29.5 Å². The van der Waals surface area contributed by atoms with Crippen LogP contribution in [0.25, 0.3) is 0 Å². The highest BCUT2D eigenvalue weighted by Crippen LogP contribution is 2.30. The Balaban J connectivity index is 2.04. The number of nitrogens with zero attached hydrogens (tertiary/aromatic N) is 1. The number of halogens is 2. The van der Waals surface area contributed by atoms with Gasteiger partial charge >= 0.3 is 5.97 Å². The Morgan fingerprint density at radius 1 is 1.22 bits per heavy atom. The number of alkyl halides is 2. The van der Waals surface area contributed by atoms with Crippen molar-refractivity contribution in [2.45, 2.75) is 18.8 Å². The summed E-state index contributed by atoms with van der Waals surface area (Å²) in [4.78, 5) is 13.2. The predicted molar refractivity (Wildman–Crippen MR) is 64.2 cm³/mol. The molecule has 0 radical (unpaired) electrons. The second-order valence-electron chi connectivity index (χ2n) is 4.38. The molecule has 1 saturated heterocycles.